The van der Waals surface area contributed by atoms with Crippen molar-refractivity contribution in [2.24, 2.45) is 16.8 Å². The second kappa shape index (κ2) is 9.48. The first-order chi connectivity index (χ1) is 12.3. The molecule has 0 radical (unpaired) electrons. The van der Waals surface area contributed by atoms with Gasteiger partial charge in [0.2, 0.25) is 0 Å². The van der Waals surface area contributed by atoms with Crippen LogP contribution in [0.25, 0.3) is 0 Å². The predicted molar refractivity (Wildman–Crippen MR) is 106 cm³/mol. The highest BCUT2D eigenvalue weighted by Gasteiger charge is 2.27. The molecule has 0 bridgehead atoms. The number of nitrogens with one attached hydrogen (secondary N) is 1. The summed E-state index contributed by atoms with van der Waals surface area (Å²) in [5.41, 5.74) is 0. The lowest BCUT2D eigenvalue weighted by Crippen LogP contribution is -2.40. The minimum atomic E-state index is -0.153. The smallest absolute Gasteiger partial charge is 0.193 e. The number of aliphatic imine (C=N–C) groups is 1. The van der Waals surface area contributed by atoms with Crippen LogP contribution in [0.15, 0.2) is 40.2 Å². The van der Waals surface area contributed by atoms with E-state index in [1.54, 1.807) is 0 Å². The summed E-state index contributed by atoms with van der Waals surface area (Å²) < 4.78 is 0. The van der Waals surface area contributed by atoms with Crippen LogP contribution in [0.4, 0.5) is 0 Å². The van der Waals surface area contributed by atoms with E-state index < -0.39 is 0 Å². The number of aliphatic hydroxyl groups excluding tert-OH is 1. The zero-order valence-corrected chi connectivity index (χ0v) is 16.0. The third-order valence-corrected chi connectivity index (χ3v) is 6.49. The number of aliphatic hydroxyl groups is 1. The molecule has 2 aliphatic rings. The van der Waals surface area contributed by atoms with Gasteiger partial charge in [-0.05, 0) is 44.2 Å². The summed E-state index contributed by atoms with van der Waals surface area (Å²) in [4.78, 5) is 8.61. The topological polar surface area (TPSA) is 47.9 Å². The van der Waals surface area contributed by atoms with E-state index in [9.17, 15) is 5.11 Å². The Balaban J connectivity index is 1.50. The second-order valence-electron chi connectivity index (χ2n) is 7.18. The Bertz CT molecular complexity index is 551. The van der Waals surface area contributed by atoms with Gasteiger partial charge >= 0.3 is 0 Å². The fourth-order valence-electron chi connectivity index (χ4n) is 3.75. The van der Waals surface area contributed by atoms with Gasteiger partial charge in [0, 0.05) is 42.7 Å². The molecule has 3 rings (SSSR count). The van der Waals surface area contributed by atoms with Crippen molar-refractivity contribution in [2.75, 3.05) is 31.9 Å². The van der Waals surface area contributed by atoms with Crippen LogP contribution in [0.3, 0.4) is 0 Å². The Morgan fingerprint density at radius 3 is 2.84 bits per heavy atom. The van der Waals surface area contributed by atoms with Crippen molar-refractivity contribution in [1.82, 2.24) is 10.2 Å². The average Bonchev–Trinajstić information content (AvgIpc) is 3.27. The van der Waals surface area contributed by atoms with Crippen LogP contribution in [-0.4, -0.2) is 54.0 Å². The highest BCUT2D eigenvalue weighted by atomic mass is 32.2. The Labute approximate surface area is 156 Å². The SMILES string of the molecule is CCNC(=NCC1CCCC1O)N1CCC(CSc2ccccc2)C1. The predicted octanol–water partition coefficient (Wildman–Crippen LogP) is 3.23. The molecule has 1 aliphatic carbocycles. The maximum atomic E-state index is 10.0. The molecule has 1 aliphatic heterocycles. The van der Waals surface area contributed by atoms with Crippen molar-refractivity contribution in [1.29, 1.82) is 0 Å². The minimum Gasteiger partial charge on any atom is -0.393 e. The number of hydrogen-bond donors (Lipinski definition) is 2. The van der Waals surface area contributed by atoms with Crippen LogP contribution >= 0.6 is 11.8 Å². The fraction of sp³-hybridized carbons (Fsp3) is 0.650. The standard InChI is InChI=1S/C20H31N3OS/c1-2-21-20(22-13-17-7-6-10-19(17)24)23-12-11-16(14-23)15-25-18-8-4-3-5-9-18/h3-5,8-9,16-17,19,24H,2,6-7,10-15H2,1H3,(H,21,22). The lowest BCUT2D eigenvalue weighted by molar-refractivity contribution is 0.136. The molecule has 138 valence electrons. The van der Waals surface area contributed by atoms with Gasteiger partial charge in [-0.3, -0.25) is 4.99 Å². The van der Waals surface area contributed by atoms with Gasteiger partial charge in [-0.25, -0.2) is 0 Å². The molecule has 0 spiro atoms. The highest BCUT2D eigenvalue weighted by molar-refractivity contribution is 7.99. The number of likely N-dealkylation sites (tertiary alicyclic amines) is 1. The fourth-order valence-corrected chi connectivity index (χ4v) is 4.80. The normalized spacial score (nSPS) is 27.0. The zero-order valence-electron chi connectivity index (χ0n) is 15.2. The second-order valence-corrected chi connectivity index (χ2v) is 8.27. The molecule has 0 amide bonds. The van der Waals surface area contributed by atoms with Crippen molar-refractivity contribution < 1.29 is 5.11 Å². The molecule has 1 aromatic rings. The maximum absolute atomic E-state index is 10.0. The van der Waals surface area contributed by atoms with Crippen LogP contribution in [0, 0.1) is 11.8 Å². The molecule has 25 heavy (non-hydrogen) atoms. The number of thioether (sulfide) groups is 1. The lowest BCUT2D eigenvalue weighted by Gasteiger charge is -2.22. The summed E-state index contributed by atoms with van der Waals surface area (Å²) in [6.45, 7) is 5.94. The van der Waals surface area contributed by atoms with Gasteiger partial charge < -0.3 is 15.3 Å². The molecule has 1 aromatic carbocycles. The summed E-state index contributed by atoms with van der Waals surface area (Å²) in [7, 11) is 0. The van der Waals surface area contributed by atoms with Crippen molar-refractivity contribution in [2.45, 2.75) is 43.6 Å². The number of hydrogen-bond acceptors (Lipinski definition) is 3. The van der Waals surface area contributed by atoms with Crippen molar-refractivity contribution in [3.63, 3.8) is 0 Å². The molecule has 3 unspecified atom stereocenters. The largest absolute Gasteiger partial charge is 0.393 e. The average molecular weight is 362 g/mol. The van der Waals surface area contributed by atoms with Crippen LogP contribution in [0.2, 0.25) is 0 Å². The van der Waals surface area contributed by atoms with Gasteiger partial charge in [0.25, 0.3) is 0 Å². The monoisotopic (exact) mass is 361 g/mol. The van der Waals surface area contributed by atoms with Crippen molar-refractivity contribution >= 4 is 17.7 Å². The van der Waals surface area contributed by atoms with E-state index in [0.717, 1.165) is 51.4 Å². The Morgan fingerprint density at radius 1 is 1.28 bits per heavy atom. The number of rotatable bonds is 6. The number of benzene rings is 1. The Morgan fingerprint density at radius 2 is 2.12 bits per heavy atom. The minimum absolute atomic E-state index is 0.153. The number of guanidine groups is 1. The molecular weight excluding hydrogens is 330 g/mol. The molecule has 4 nitrogen and oxygen atoms in total. The van der Waals surface area contributed by atoms with Gasteiger partial charge in [0.05, 0.1) is 6.10 Å². The molecule has 5 heteroatoms. The molecule has 1 saturated carbocycles. The van der Waals surface area contributed by atoms with Gasteiger partial charge in [-0.1, -0.05) is 24.6 Å². The third-order valence-electron chi connectivity index (χ3n) is 5.24. The van der Waals surface area contributed by atoms with Gasteiger partial charge in [0.1, 0.15) is 0 Å². The first-order valence-electron chi connectivity index (χ1n) is 9.65. The number of nitrogens with zero attached hydrogens (tertiary/aromatic N) is 2. The van der Waals surface area contributed by atoms with Crippen molar-refractivity contribution in [3.05, 3.63) is 30.3 Å². The summed E-state index contributed by atoms with van der Waals surface area (Å²) in [6.07, 6.45) is 4.27. The summed E-state index contributed by atoms with van der Waals surface area (Å²) in [5.74, 6) is 3.27. The molecule has 2 N–H and O–H groups in total. The molecule has 1 saturated heterocycles. The molecule has 1 heterocycles. The van der Waals surface area contributed by atoms with E-state index in [-0.39, 0.29) is 6.10 Å². The Hall–Kier alpha value is -1.20. The summed E-state index contributed by atoms with van der Waals surface area (Å²) in [6, 6.07) is 10.7. The van der Waals surface area contributed by atoms with Gasteiger partial charge in [-0.2, -0.15) is 0 Å². The van der Waals surface area contributed by atoms with Crippen LogP contribution in [-0.2, 0) is 0 Å². The van der Waals surface area contributed by atoms with E-state index in [4.69, 9.17) is 4.99 Å². The van der Waals surface area contributed by atoms with Crippen molar-refractivity contribution in [3.8, 4) is 0 Å². The lowest BCUT2D eigenvalue weighted by atomic mass is 10.1. The summed E-state index contributed by atoms with van der Waals surface area (Å²) >= 11 is 1.96. The van der Waals surface area contributed by atoms with E-state index in [2.05, 4.69) is 47.5 Å². The first kappa shape index (κ1) is 18.6. The Kier molecular flexibility index (Phi) is 7.05. The molecule has 0 aromatic heterocycles. The van der Waals surface area contributed by atoms with Crippen LogP contribution < -0.4 is 5.32 Å². The van der Waals surface area contributed by atoms with Gasteiger partial charge in [-0.15, -0.1) is 11.8 Å². The summed E-state index contributed by atoms with van der Waals surface area (Å²) in [5, 5.41) is 13.5. The third kappa shape index (κ3) is 5.38. The molecular formula is C20H31N3OS. The van der Waals surface area contributed by atoms with Gasteiger partial charge in [0.15, 0.2) is 5.96 Å². The van der Waals surface area contributed by atoms with E-state index in [1.165, 1.54) is 17.1 Å². The van der Waals surface area contributed by atoms with E-state index >= 15 is 0 Å². The first-order valence-corrected chi connectivity index (χ1v) is 10.6. The maximum Gasteiger partial charge on any atom is 0.193 e. The van der Waals surface area contributed by atoms with Crippen LogP contribution in [0.5, 0.6) is 0 Å². The highest BCUT2D eigenvalue weighted by Crippen LogP contribution is 2.27. The zero-order chi connectivity index (χ0) is 17.5. The van der Waals surface area contributed by atoms with E-state index in [1.807, 2.05) is 11.8 Å². The molecule has 3 atom stereocenters. The van der Waals surface area contributed by atoms with Crippen LogP contribution in [0.1, 0.15) is 32.6 Å². The van der Waals surface area contributed by atoms with E-state index in [0.29, 0.717) is 11.8 Å². The molecule has 2 fully saturated rings. The quantitative estimate of drug-likeness (QED) is 0.464.